The zero-order valence-electron chi connectivity index (χ0n) is 10.3. The average molecular weight is 300 g/mol. The van der Waals surface area contributed by atoms with E-state index in [0.717, 1.165) is 4.90 Å². The number of aromatic nitrogens is 1. The van der Waals surface area contributed by atoms with Crippen LogP contribution in [0.5, 0.6) is 0 Å². The van der Waals surface area contributed by atoms with Crippen molar-refractivity contribution in [3.8, 4) is 0 Å². The SMILES string of the molecule is NS(=O)(=O)CC1CC(=O)N(c2ncccc2[N+](=O)[O-])C1. The third kappa shape index (κ3) is 3.08. The fraction of sp³-hybridized carbons (Fsp3) is 0.400. The first-order valence-electron chi connectivity index (χ1n) is 5.68. The van der Waals surface area contributed by atoms with Gasteiger partial charge in [-0.15, -0.1) is 0 Å². The first kappa shape index (κ1) is 14.3. The number of hydrogen-bond acceptors (Lipinski definition) is 6. The Bertz CT molecular complexity index is 659. The number of nitro groups is 1. The van der Waals surface area contributed by atoms with Gasteiger partial charge < -0.3 is 0 Å². The van der Waals surface area contributed by atoms with Crippen LogP contribution in [0.25, 0.3) is 0 Å². The van der Waals surface area contributed by atoms with Crippen LogP contribution in [0.4, 0.5) is 11.5 Å². The van der Waals surface area contributed by atoms with Crippen LogP contribution in [0.15, 0.2) is 18.3 Å². The lowest BCUT2D eigenvalue weighted by Gasteiger charge is -2.15. The van der Waals surface area contributed by atoms with Crippen LogP contribution in [0.3, 0.4) is 0 Å². The molecule has 0 bridgehead atoms. The number of nitrogens with zero attached hydrogens (tertiary/aromatic N) is 3. The summed E-state index contributed by atoms with van der Waals surface area (Å²) in [6.07, 6.45) is 1.31. The predicted molar refractivity (Wildman–Crippen MR) is 69.3 cm³/mol. The lowest BCUT2D eigenvalue weighted by atomic mass is 10.1. The van der Waals surface area contributed by atoms with Crippen molar-refractivity contribution in [1.82, 2.24) is 4.98 Å². The van der Waals surface area contributed by atoms with Gasteiger partial charge in [-0.05, 0) is 6.07 Å². The number of pyridine rings is 1. The summed E-state index contributed by atoms with van der Waals surface area (Å²) in [5.41, 5.74) is -0.294. The molecule has 1 aromatic heterocycles. The minimum absolute atomic E-state index is 0.0237. The van der Waals surface area contributed by atoms with Crippen LogP contribution in [-0.2, 0) is 14.8 Å². The smallest absolute Gasteiger partial charge is 0.291 e. The van der Waals surface area contributed by atoms with Crippen molar-refractivity contribution in [2.24, 2.45) is 11.1 Å². The molecular formula is C10H12N4O5S. The average Bonchev–Trinajstić information content (AvgIpc) is 2.67. The lowest BCUT2D eigenvalue weighted by Crippen LogP contribution is -2.28. The van der Waals surface area contributed by atoms with E-state index in [9.17, 15) is 23.3 Å². The molecule has 9 nitrogen and oxygen atoms in total. The van der Waals surface area contributed by atoms with E-state index in [-0.39, 0.29) is 30.2 Å². The van der Waals surface area contributed by atoms with Gasteiger partial charge >= 0.3 is 5.69 Å². The minimum Gasteiger partial charge on any atom is -0.291 e. The summed E-state index contributed by atoms with van der Waals surface area (Å²) in [5, 5.41) is 15.8. The summed E-state index contributed by atoms with van der Waals surface area (Å²) in [6, 6.07) is 2.63. The van der Waals surface area contributed by atoms with Crippen molar-refractivity contribution >= 4 is 27.4 Å². The molecule has 1 amide bonds. The Labute approximate surface area is 114 Å². The number of rotatable bonds is 4. The van der Waals surface area contributed by atoms with Gasteiger partial charge in [-0.2, -0.15) is 0 Å². The first-order chi connectivity index (χ1) is 9.28. The highest BCUT2D eigenvalue weighted by Crippen LogP contribution is 2.30. The second-order valence-electron chi connectivity index (χ2n) is 4.51. The summed E-state index contributed by atoms with van der Waals surface area (Å²) >= 11 is 0. The number of carbonyl (C=O) groups excluding carboxylic acids is 1. The van der Waals surface area contributed by atoms with Gasteiger partial charge in [-0.1, -0.05) is 0 Å². The Morgan fingerprint density at radius 1 is 1.55 bits per heavy atom. The molecule has 108 valence electrons. The number of nitrogens with two attached hydrogens (primary N) is 1. The maximum Gasteiger partial charge on any atom is 0.312 e. The highest BCUT2D eigenvalue weighted by atomic mass is 32.2. The van der Waals surface area contributed by atoms with Gasteiger partial charge in [0.15, 0.2) is 0 Å². The molecule has 1 aliphatic rings. The Morgan fingerprint density at radius 3 is 2.85 bits per heavy atom. The predicted octanol–water partition coefficient (Wildman–Crippen LogP) is -0.369. The zero-order valence-corrected chi connectivity index (χ0v) is 11.1. The number of primary sulfonamides is 1. The van der Waals surface area contributed by atoms with Crippen LogP contribution < -0.4 is 10.0 Å². The first-order valence-corrected chi connectivity index (χ1v) is 7.39. The van der Waals surface area contributed by atoms with E-state index in [2.05, 4.69) is 4.98 Å². The van der Waals surface area contributed by atoms with Gasteiger partial charge in [0.25, 0.3) is 0 Å². The summed E-state index contributed by atoms with van der Waals surface area (Å²) in [4.78, 5) is 27.1. The number of carbonyl (C=O) groups is 1. The normalized spacial score (nSPS) is 19.4. The molecule has 0 spiro atoms. The second-order valence-corrected chi connectivity index (χ2v) is 6.17. The standard InChI is InChI=1S/C10H12N4O5S/c11-20(18,19)6-7-4-9(15)13(5-7)10-8(14(16)17)2-1-3-12-10/h1-3,7H,4-6H2,(H2,11,18,19). The monoisotopic (exact) mass is 300 g/mol. The third-order valence-corrected chi connectivity index (χ3v) is 3.83. The van der Waals surface area contributed by atoms with E-state index in [1.54, 1.807) is 0 Å². The van der Waals surface area contributed by atoms with Crippen molar-refractivity contribution < 1.29 is 18.1 Å². The Balaban J connectivity index is 2.27. The molecule has 0 aliphatic carbocycles. The Kier molecular flexibility index (Phi) is 3.68. The van der Waals surface area contributed by atoms with Crippen molar-refractivity contribution in [3.05, 3.63) is 28.4 Å². The number of amides is 1. The van der Waals surface area contributed by atoms with Crippen LogP contribution in [0.2, 0.25) is 0 Å². The Morgan fingerprint density at radius 2 is 2.25 bits per heavy atom. The molecule has 2 N–H and O–H groups in total. The molecule has 1 atom stereocenters. The third-order valence-electron chi connectivity index (χ3n) is 2.89. The summed E-state index contributed by atoms with van der Waals surface area (Å²) in [7, 11) is -3.70. The van der Waals surface area contributed by atoms with Gasteiger partial charge in [-0.25, -0.2) is 18.5 Å². The zero-order chi connectivity index (χ0) is 14.9. The summed E-state index contributed by atoms with van der Waals surface area (Å²) in [6.45, 7) is 0.0487. The van der Waals surface area contributed by atoms with E-state index in [1.807, 2.05) is 0 Å². The van der Waals surface area contributed by atoms with Crippen molar-refractivity contribution in [2.45, 2.75) is 6.42 Å². The molecular weight excluding hydrogens is 288 g/mol. The molecule has 0 radical (unpaired) electrons. The molecule has 20 heavy (non-hydrogen) atoms. The number of sulfonamides is 1. The minimum atomic E-state index is -3.70. The van der Waals surface area contributed by atoms with Gasteiger partial charge in [0, 0.05) is 31.1 Å². The van der Waals surface area contributed by atoms with Gasteiger partial charge in [-0.3, -0.25) is 19.8 Å². The Hall–Kier alpha value is -2.07. The van der Waals surface area contributed by atoms with E-state index in [4.69, 9.17) is 5.14 Å². The largest absolute Gasteiger partial charge is 0.312 e. The summed E-state index contributed by atoms with van der Waals surface area (Å²) in [5.74, 6) is -1.30. The van der Waals surface area contributed by atoms with Gasteiger partial charge in [0.05, 0.1) is 10.7 Å². The number of anilines is 1. The van der Waals surface area contributed by atoms with Crippen LogP contribution in [0, 0.1) is 16.0 Å². The van der Waals surface area contributed by atoms with Gasteiger partial charge in [0.2, 0.25) is 21.7 Å². The van der Waals surface area contributed by atoms with E-state index in [0.29, 0.717) is 0 Å². The molecule has 1 fully saturated rings. The highest BCUT2D eigenvalue weighted by molar-refractivity contribution is 7.89. The second kappa shape index (κ2) is 5.13. The molecule has 2 heterocycles. The quantitative estimate of drug-likeness (QED) is 0.595. The van der Waals surface area contributed by atoms with E-state index in [1.165, 1.54) is 18.3 Å². The van der Waals surface area contributed by atoms with Crippen molar-refractivity contribution in [2.75, 3.05) is 17.2 Å². The molecule has 0 aromatic carbocycles. The molecule has 1 saturated heterocycles. The molecule has 0 saturated carbocycles. The maximum absolute atomic E-state index is 11.9. The van der Waals surface area contributed by atoms with Crippen molar-refractivity contribution in [3.63, 3.8) is 0 Å². The molecule has 1 aliphatic heterocycles. The topological polar surface area (TPSA) is 136 Å². The highest BCUT2D eigenvalue weighted by Gasteiger charge is 2.36. The molecule has 1 aromatic rings. The van der Waals surface area contributed by atoms with E-state index < -0.39 is 26.8 Å². The van der Waals surface area contributed by atoms with Crippen LogP contribution in [-0.4, -0.2) is 36.5 Å². The fourth-order valence-corrected chi connectivity index (χ4v) is 3.05. The maximum atomic E-state index is 11.9. The molecule has 2 rings (SSSR count). The lowest BCUT2D eigenvalue weighted by molar-refractivity contribution is -0.384. The fourth-order valence-electron chi connectivity index (χ4n) is 2.17. The number of hydrogen-bond donors (Lipinski definition) is 1. The van der Waals surface area contributed by atoms with Crippen molar-refractivity contribution in [1.29, 1.82) is 0 Å². The van der Waals surface area contributed by atoms with E-state index >= 15 is 0 Å². The molecule has 1 unspecified atom stereocenters. The van der Waals surface area contributed by atoms with Crippen LogP contribution >= 0.6 is 0 Å². The van der Waals surface area contributed by atoms with Gasteiger partial charge in [0.1, 0.15) is 0 Å². The summed E-state index contributed by atoms with van der Waals surface area (Å²) < 4.78 is 22.1. The molecule has 10 heteroatoms. The van der Waals surface area contributed by atoms with Crippen LogP contribution in [0.1, 0.15) is 6.42 Å².